The lowest BCUT2D eigenvalue weighted by atomic mass is 9.96. The van der Waals surface area contributed by atoms with Crippen LogP contribution in [0.5, 0.6) is 0 Å². The van der Waals surface area contributed by atoms with Gasteiger partial charge in [0.25, 0.3) is 0 Å². The molecule has 0 amide bonds. The second-order valence-corrected chi connectivity index (χ2v) is 4.60. The van der Waals surface area contributed by atoms with Gasteiger partial charge in [-0.1, -0.05) is 15.9 Å². The highest BCUT2D eigenvalue weighted by Gasteiger charge is 2.47. The fourth-order valence-corrected chi connectivity index (χ4v) is 2.09. The van der Waals surface area contributed by atoms with Crippen LogP contribution in [0.2, 0.25) is 0 Å². The summed E-state index contributed by atoms with van der Waals surface area (Å²) >= 11 is 3.01. The maximum atomic E-state index is 13.5. The Balaban J connectivity index is 2.53. The molecule has 0 bridgehead atoms. The van der Waals surface area contributed by atoms with Gasteiger partial charge in [0.05, 0.1) is 6.61 Å². The van der Waals surface area contributed by atoms with E-state index in [4.69, 9.17) is 5.11 Å². The molecule has 14 heavy (non-hydrogen) atoms. The first kappa shape index (κ1) is 10.1. The highest BCUT2D eigenvalue weighted by atomic mass is 79.9. The van der Waals surface area contributed by atoms with E-state index >= 15 is 0 Å². The topological polar surface area (TPSA) is 20.2 Å². The molecule has 1 N–H and O–H groups in total. The van der Waals surface area contributed by atoms with E-state index < -0.39 is 17.0 Å². The van der Waals surface area contributed by atoms with Crippen LogP contribution >= 0.6 is 15.9 Å². The Labute approximate surface area is 88.9 Å². The fraction of sp³-hybridized carbons (Fsp3) is 0.400. The highest BCUT2D eigenvalue weighted by molar-refractivity contribution is 9.10. The molecule has 0 aliphatic heterocycles. The molecule has 0 spiro atoms. The van der Waals surface area contributed by atoms with Crippen molar-refractivity contribution in [3.8, 4) is 0 Å². The maximum Gasteiger partial charge on any atom is 0.131 e. The van der Waals surface area contributed by atoms with Gasteiger partial charge in [0.15, 0.2) is 0 Å². The molecule has 1 aromatic carbocycles. The summed E-state index contributed by atoms with van der Waals surface area (Å²) in [5.74, 6) is -1.16. The second-order valence-electron chi connectivity index (χ2n) is 3.68. The molecule has 1 aliphatic carbocycles. The number of aliphatic hydroxyl groups is 1. The summed E-state index contributed by atoms with van der Waals surface area (Å²) in [6, 6.07) is 2.46. The van der Waals surface area contributed by atoms with Crippen molar-refractivity contribution in [1.82, 2.24) is 0 Å². The molecule has 1 fully saturated rings. The van der Waals surface area contributed by atoms with Crippen molar-refractivity contribution in [2.45, 2.75) is 18.3 Å². The Morgan fingerprint density at radius 2 is 1.79 bits per heavy atom. The SMILES string of the molecule is OCC1(c2c(F)cc(Br)cc2F)CC1. The average molecular weight is 263 g/mol. The lowest BCUT2D eigenvalue weighted by molar-refractivity contribution is 0.248. The third-order valence-corrected chi connectivity index (χ3v) is 3.15. The van der Waals surface area contributed by atoms with Gasteiger partial charge < -0.3 is 5.11 Å². The lowest BCUT2D eigenvalue weighted by Crippen LogP contribution is -2.16. The summed E-state index contributed by atoms with van der Waals surface area (Å²) < 4.78 is 27.3. The van der Waals surface area contributed by atoms with E-state index in [1.165, 1.54) is 12.1 Å². The van der Waals surface area contributed by atoms with Gasteiger partial charge in [0.1, 0.15) is 11.6 Å². The van der Waals surface area contributed by atoms with Gasteiger partial charge in [-0.05, 0) is 25.0 Å². The first-order chi connectivity index (χ1) is 6.59. The normalized spacial score (nSPS) is 18.3. The molecule has 2 rings (SSSR count). The Kier molecular flexibility index (Phi) is 2.35. The van der Waals surface area contributed by atoms with E-state index in [-0.39, 0.29) is 12.2 Å². The van der Waals surface area contributed by atoms with Crippen LogP contribution in [0.4, 0.5) is 8.78 Å². The Hall–Kier alpha value is -0.480. The van der Waals surface area contributed by atoms with Crippen LogP contribution in [0.25, 0.3) is 0 Å². The minimum Gasteiger partial charge on any atom is -0.395 e. The number of rotatable bonds is 2. The summed E-state index contributed by atoms with van der Waals surface area (Å²) in [5, 5.41) is 9.08. The van der Waals surface area contributed by atoms with Crippen LogP contribution in [0, 0.1) is 11.6 Å². The molecule has 0 atom stereocenters. The number of benzene rings is 1. The molecule has 1 saturated carbocycles. The molecular formula is C10H9BrF2O. The van der Waals surface area contributed by atoms with Crippen LogP contribution in [0.1, 0.15) is 18.4 Å². The lowest BCUT2D eigenvalue weighted by Gasteiger charge is -2.14. The van der Waals surface area contributed by atoms with Crippen molar-refractivity contribution in [2.75, 3.05) is 6.61 Å². The van der Waals surface area contributed by atoms with E-state index in [0.717, 1.165) is 0 Å². The van der Waals surface area contributed by atoms with Crippen molar-refractivity contribution < 1.29 is 13.9 Å². The summed E-state index contributed by atoms with van der Waals surface area (Å²) in [6.07, 6.45) is 1.30. The number of hydrogen-bond acceptors (Lipinski definition) is 1. The van der Waals surface area contributed by atoms with Gasteiger partial charge in [-0.2, -0.15) is 0 Å². The molecular weight excluding hydrogens is 254 g/mol. The first-order valence-corrected chi connectivity index (χ1v) is 5.14. The zero-order chi connectivity index (χ0) is 10.3. The maximum absolute atomic E-state index is 13.5. The molecule has 76 valence electrons. The third-order valence-electron chi connectivity index (χ3n) is 2.69. The van der Waals surface area contributed by atoms with Gasteiger partial charge in [-0.25, -0.2) is 8.78 Å². The Morgan fingerprint density at radius 1 is 1.29 bits per heavy atom. The van der Waals surface area contributed by atoms with Gasteiger partial charge in [-0.15, -0.1) is 0 Å². The van der Waals surface area contributed by atoms with Crippen molar-refractivity contribution in [1.29, 1.82) is 0 Å². The summed E-state index contributed by atoms with van der Waals surface area (Å²) in [7, 11) is 0. The quantitative estimate of drug-likeness (QED) is 0.869. The fourth-order valence-electron chi connectivity index (χ4n) is 1.69. The molecule has 1 aliphatic rings. The molecule has 4 heteroatoms. The molecule has 0 aromatic heterocycles. The van der Waals surface area contributed by atoms with E-state index in [1.807, 2.05) is 0 Å². The number of halogens is 3. The molecule has 0 unspecified atom stereocenters. The van der Waals surface area contributed by atoms with Crippen molar-refractivity contribution in [3.05, 3.63) is 33.8 Å². The van der Waals surface area contributed by atoms with E-state index in [0.29, 0.717) is 17.3 Å². The molecule has 1 nitrogen and oxygen atoms in total. The predicted molar refractivity (Wildman–Crippen MR) is 52.1 cm³/mol. The van der Waals surface area contributed by atoms with Crippen LogP contribution in [-0.2, 0) is 5.41 Å². The molecule has 1 aromatic rings. The van der Waals surface area contributed by atoms with Crippen LogP contribution in [0.3, 0.4) is 0 Å². The minimum absolute atomic E-state index is 0.0307. The van der Waals surface area contributed by atoms with Crippen molar-refractivity contribution >= 4 is 15.9 Å². The summed E-state index contributed by atoms with van der Waals surface area (Å²) in [5.41, 5.74) is -0.627. The third kappa shape index (κ3) is 1.46. The Morgan fingerprint density at radius 3 is 2.14 bits per heavy atom. The monoisotopic (exact) mass is 262 g/mol. The van der Waals surface area contributed by atoms with Crippen molar-refractivity contribution in [2.24, 2.45) is 0 Å². The van der Waals surface area contributed by atoms with Gasteiger partial charge in [0.2, 0.25) is 0 Å². The van der Waals surface area contributed by atoms with Crippen LogP contribution < -0.4 is 0 Å². The molecule has 0 radical (unpaired) electrons. The predicted octanol–water partition coefficient (Wildman–Crippen LogP) is 2.75. The smallest absolute Gasteiger partial charge is 0.131 e. The average Bonchev–Trinajstić information content (AvgIpc) is 2.83. The van der Waals surface area contributed by atoms with Crippen molar-refractivity contribution in [3.63, 3.8) is 0 Å². The zero-order valence-electron chi connectivity index (χ0n) is 7.36. The van der Waals surface area contributed by atoms with Gasteiger partial charge in [-0.3, -0.25) is 0 Å². The van der Waals surface area contributed by atoms with Crippen LogP contribution in [0.15, 0.2) is 16.6 Å². The van der Waals surface area contributed by atoms with Crippen LogP contribution in [-0.4, -0.2) is 11.7 Å². The second kappa shape index (κ2) is 3.28. The number of hydrogen-bond donors (Lipinski definition) is 1. The highest BCUT2D eigenvalue weighted by Crippen LogP contribution is 2.49. The molecule has 0 heterocycles. The summed E-state index contributed by atoms with van der Waals surface area (Å²) in [4.78, 5) is 0. The standard InChI is InChI=1S/C10H9BrF2O/c11-6-3-7(12)9(8(13)4-6)10(5-14)1-2-10/h3-4,14H,1-2,5H2. The zero-order valence-corrected chi connectivity index (χ0v) is 8.94. The Bertz CT molecular complexity index is 351. The van der Waals surface area contributed by atoms with Gasteiger partial charge in [0, 0.05) is 15.5 Å². The van der Waals surface area contributed by atoms with E-state index in [9.17, 15) is 8.78 Å². The van der Waals surface area contributed by atoms with E-state index in [2.05, 4.69) is 15.9 Å². The van der Waals surface area contributed by atoms with Gasteiger partial charge >= 0.3 is 0 Å². The molecule has 0 saturated heterocycles. The summed E-state index contributed by atoms with van der Waals surface area (Å²) in [6.45, 7) is -0.192. The minimum atomic E-state index is -0.658. The largest absolute Gasteiger partial charge is 0.395 e. The number of aliphatic hydroxyl groups excluding tert-OH is 1. The van der Waals surface area contributed by atoms with E-state index in [1.54, 1.807) is 0 Å². The first-order valence-electron chi connectivity index (χ1n) is 4.35.